The Labute approximate surface area is 78.5 Å². The maximum atomic E-state index is 11.4. The van der Waals surface area contributed by atoms with E-state index in [1.54, 1.807) is 0 Å². The van der Waals surface area contributed by atoms with Crippen LogP contribution in [0.3, 0.4) is 0 Å². The van der Waals surface area contributed by atoms with E-state index in [0.29, 0.717) is 0 Å². The fraction of sp³-hybridized carbons (Fsp3) is 0. The van der Waals surface area contributed by atoms with E-state index in [1.165, 1.54) is 12.7 Å². The van der Waals surface area contributed by atoms with Gasteiger partial charge in [-0.3, -0.25) is 4.79 Å². The number of hydrogen-bond donors (Lipinski definition) is 1. The van der Waals surface area contributed by atoms with Crippen LogP contribution in [0.5, 0.6) is 0 Å². The van der Waals surface area contributed by atoms with Gasteiger partial charge in [-0.05, 0) is 0 Å². The molecule has 70 valence electrons. The zero-order valence-corrected chi connectivity index (χ0v) is 6.97. The second-order valence-corrected chi connectivity index (χ2v) is 2.49. The predicted molar refractivity (Wildman–Crippen MR) is 45.0 cm³/mol. The van der Waals surface area contributed by atoms with Gasteiger partial charge in [0.25, 0.3) is 5.91 Å². The summed E-state index contributed by atoms with van der Waals surface area (Å²) in [6.45, 7) is 3.37. The highest BCUT2D eigenvalue weighted by molar-refractivity contribution is 6.25. The molecule has 1 aromatic heterocycles. The molecule has 1 aliphatic heterocycles. The van der Waals surface area contributed by atoms with Crippen molar-refractivity contribution in [3.05, 3.63) is 24.9 Å². The molecule has 0 spiro atoms. The number of nitrogens with zero attached hydrogens (tertiary/aromatic N) is 4. The summed E-state index contributed by atoms with van der Waals surface area (Å²) in [5, 5.41) is 2.26. The number of hydrogen-bond acceptors (Lipinski definition) is 5. The van der Waals surface area contributed by atoms with E-state index in [2.05, 4.69) is 26.8 Å². The molecule has 2 heterocycles. The van der Waals surface area contributed by atoms with Gasteiger partial charge in [0.2, 0.25) is 5.95 Å². The fourth-order valence-electron chi connectivity index (χ4n) is 0.996. The first-order valence-electron chi connectivity index (χ1n) is 3.66. The zero-order valence-electron chi connectivity index (χ0n) is 6.97. The molecule has 0 aliphatic carbocycles. The van der Waals surface area contributed by atoms with Crippen molar-refractivity contribution in [1.29, 1.82) is 0 Å². The van der Waals surface area contributed by atoms with Crippen molar-refractivity contribution < 1.29 is 9.59 Å². The lowest BCUT2D eigenvalue weighted by atomic mass is 10.5. The summed E-state index contributed by atoms with van der Waals surface area (Å²) >= 11 is 0. The molecule has 2 rings (SSSR count). The van der Waals surface area contributed by atoms with Gasteiger partial charge in [0.05, 0.1) is 0 Å². The van der Waals surface area contributed by atoms with E-state index in [9.17, 15) is 9.59 Å². The van der Waals surface area contributed by atoms with Crippen LogP contribution in [0, 0.1) is 0 Å². The van der Waals surface area contributed by atoms with Crippen molar-refractivity contribution in [2.24, 2.45) is 0 Å². The van der Waals surface area contributed by atoms with Crippen molar-refractivity contribution in [3.8, 4) is 0 Å². The van der Waals surface area contributed by atoms with Gasteiger partial charge >= 0.3 is 6.03 Å². The Balaban J connectivity index is 2.41. The molecule has 0 atom stereocenters. The van der Waals surface area contributed by atoms with Gasteiger partial charge in [0.1, 0.15) is 18.4 Å². The SMILES string of the molecule is C=C1NC(=O)N(c2ncncn2)C1=O. The predicted octanol–water partition coefficient (Wildman–Crippen LogP) is -0.558. The quantitative estimate of drug-likeness (QED) is 0.475. The molecule has 0 saturated carbocycles. The van der Waals surface area contributed by atoms with Crippen LogP contribution in [-0.4, -0.2) is 26.9 Å². The summed E-state index contributed by atoms with van der Waals surface area (Å²) in [5.41, 5.74) is 0.00964. The molecular weight excluding hydrogens is 186 g/mol. The third kappa shape index (κ3) is 1.11. The van der Waals surface area contributed by atoms with Gasteiger partial charge in [0.15, 0.2) is 0 Å². The summed E-state index contributed by atoms with van der Waals surface area (Å²) < 4.78 is 0. The lowest BCUT2D eigenvalue weighted by Gasteiger charge is -2.07. The molecule has 0 bridgehead atoms. The van der Waals surface area contributed by atoms with Crippen LogP contribution < -0.4 is 10.2 Å². The highest BCUT2D eigenvalue weighted by Crippen LogP contribution is 2.13. The largest absolute Gasteiger partial charge is 0.336 e. The van der Waals surface area contributed by atoms with Crippen LogP contribution in [-0.2, 0) is 4.79 Å². The summed E-state index contributed by atoms with van der Waals surface area (Å²) in [5.74, 6) is -0.567. The smallest absolute Gasteiger partial charge is 0.303 e. The van der Waals surface area contributed by atoms with Crippen LogP contribution in [0.4, 0.5) is 10.7 Å². The first-order chi connectivity index (χ1) is 6.70. The highest BCUT2D eigenvalue weighted by Gasteiger charge is 2.35. The van der Waals surface area contributed by atoms with Crippen LogP contribution in [0.1, 0.15) is 0 Å². The highest BCUT2D eigenvalue weighted by atomic mass is 16.2. The summed E-state index contributed by atoms with van der Waals surface area (Å²) in [6.07, 6.45) is 2.40. The van der Waals surface area contributed by atoms with Crippen molar-refractivity contribution >= 4 is 17.9 Å². The molecule has 0 radical (unpaired) electrons. The van der Waals surface area contributed by atoms with Crippen molar-refractivity contribution in [2.75, 3.05) is 4.90 Å². The van der Waals surface area contributed by atoms with Crippen molar-refractivity contribution in [3.63, 3.8) is 0 Å². The minimum Gasteiger partial charge on any atom is -0.303 e. The normalized spacial score (nSPS) is 16.0. The van der Waals surface area contributed by atoms with Crippen LogP contribution in [0.15, 0.2) is 24.9 Å². The number of carbonyl (C=O) groups is 2. The Morgan fingerprint density at radius 2 is 1.93 bits per heavy atom. The third-order valence-corrected chi connectivity index (χ3v) is 1.60. The van der Waals surface area contributed by atoms with Crippen LogP contribution in [0.2, 0.25) is 0 Å². The summed E-state index contributed by atoms with van der Waals surface area (Å²) in [7, 11) is 0. The van der Waals surface area contributed by atoms with E-state index in [-0.39, 0.29) is 11.6 Å². The third-order valence-electron chi connectivity index (χ3n) is 1.60. The number of aromatic nitrogens is 3. The van der Waals surface area contributed by atoms with E-state index in [4.69, 9.17) is 0 Å². The molecule has 7 nitrogen and oxygen atoms in total. The van der Waals surface area contributed by atoms with Gasteiger partial charge in [-0.25, -0.2) is 19.7 Å². The Bertz CT molecular complexity index is 415. The molecular formula is C7H5N5O2. The van der Waals surface area contributed by atoms with Gasteiger partial charge in [0, 0.05) is 0 Å². The molecule has 0 aromatic carbocycles. The lowest BCUT2D eigenvalue weighted by Crippen LogP contribution is -2.32. The molecule has 0 unspecified atom stereocenters. The Morgan fingerprint density at radius 3 is 2.43 bits per heavy atom. The van der Waals surface area contributed by atoms with Gasteiger partial charge < -0.3 is 5.32 Å². The summed E-state index contributed by atoms with van der Waals surface area (Å²) in [4.78, 5) is 34.3. The fourth-order valence-corrected chi connectivity index (χ4v) is 0.996. The molecule has 7 heteroatoms. The molecule has 1 aliphatic rings. The number of carbonyl (C=O) groups excluding carboxylic acids is 2. The van der Waals surface area contributed by atoms with Gasteiger partial charge in [-0.2, -0.15) is 4.90 Å². The summed E-state index contributed by atoms with van der Waals surface area (Å²) in [6, 6.07) is -0.605. The average Bonchev–Trinajstić information content (AvgIpc) is 2.43. The van der Waals surface area contributed by atoms with Crippen molar-refractivity contribution in [2.45, 2.75) is 0 Å². The van der Waals surface area contributed by atoms with Crippen LogP contribution in [0.25, 0.3) is 0 Å². The minimum absolute atomic E-state index is 0.00964. The molecule has 1 aromatic rings. The number of imide groups is 1. The zero-order chi connectivity index (χ0) is 10.1. The molecule has 1 fully saturated rings. The number of anilines is 1. The standard InChI is InChI=1S/C7H5N5O2/c1-4-5(13)12(7(14)11-4)6-9-2-8-3-10-6/h2-3H,1H2,(H,11,14). The van der Waals surface area contributed by atoms with Crippen LogP contribution >= 0.6 is 0 Å². The van der Waals surface area contributed by atoms with Crippen molar-refractivity contribution in [1.82, 2.24) is 20.3 Å². The molecule has 14 heavy (non-hydrogen) atoms. The number of amides is 3. The van der Waals surface area contributed by atoms with Gasteiger partial charge in [-0.1, -0.05) is 6.58 Å². The molecule has 3 amide bonds. The number of nitrogens with one attached hydrogen (secondary N) is 1. The second-order valence-electron chi connectivity index (χ2n) is 2.49. The Morgan fingerprint density at radius 1 is 1.29 bits per heavy atom. The number of rotatable bonds is 1. The monoisotopic (exact) mass is 191 g/mol. The molecule has 1 N–H and O–H groups in total. The number of urea groups is 1. The maximum Gasteiger partial charge on any atom is 0.336 e. The first-order valence-corrected chi connectivity index (χ1v) is 3.66. The topological polar surface area (TPSA) is 88.1 Å². The van der Waals surface area contributed by atoms with Gasteiger partial charge in [-0.15, -0.1) is 0 Å². The van der Waals surface area contributed by atoms with E-state index >= 15 is 0 Å². The van der Waals surface area contributed by atoms with E-state index < -0.39 is 11.9 Å². The average molecular weight is 191 g/mol. The van der Waals surface area contributed by atoms with E-state index in [1.807, 2.05) is 0 Å². The maximum absolute atomic E-state index is 11.4. The van der Waals surface area contributed by atoms with E-state index in [0.717, 1.165) is 4.90 Å². The first kappa shape index (κ1) is 8.30. The Hall–Kier alpha value is -2.31. The second kappa shape index (κ2) is 2.87. The molecule has 1 saturated heterocycles. The minimum atomic E-state index is -0.605. The Kier molecular flexibility index (Phi) is 1.70. The lowest BCUT2D eigenvalue weighted by molar-refractivity contribution is -0.113.